The van der Waals surface area contributed by atoms with Gasteiger partial charge in [0.1, 0.15) is 12.1 Å². The fourth-order valence-electron chi connectivity index (χ4n) is 2.52. The Hall–Kier alpha value is -3.51. The number of carboxylic acids is 2. The first kappa shape index (κ1) is 25.5. The highest BCUT2D eigenvalue weighted by molar-refractivity contribution is 5.93. The number of carbonyl (C=O) groups is 5. The molecule has 0 saturated carbocycles. The van der Waals surface area contributed by atoms with Crippen molar-refractivity contribution in [3.8, 4) is 0 Å². The zero-order valence-corrected chi connectivity index (χ0v) is 16.8. The molecule has 0 aliphatic rings. The van der Waals surface area contributed by atoms with E-state index in [0.717, 1.165) is 5.56 Å². The van der Waals surface area contributed by atoms with Gasteiger partial charge < -0.3 is 37.0 Å². The van der Waals surface area contributed by atoms with Crippen molar-refractivity contribution in [2.45, 2.75) is 44.0 Å². The highest BCUT2D eigenvalue weighted by Gasteiger charge is 2.29. The Kier molecular flexibility index (Phi) is 10.1. The predicted molar refractivity (Wildman–Crippen MR) is 107 cm³/mol. The number of hydrogen-bond donors (Lipinski definition) is 7. The van der Waals surface area contributed by atoms with Crippen LogP contribution < -0.4 is 21.7 Å². The van der Waals surface area contributed by atoms with Gasteiger partial charge >= 0.3 is 11.9 Å². The molecular weight excluding hydrogens is 412 g/mol. The maximum atomic E-state index is 12.3. The minimum absolute atomic E-state index is 0.198. The molecule has 0 bridgehead atoms. The number of nitrogens with two attached hydrogens (primary N) is 1. The first-order chi connectivity index (χ1) is 14.5. The Morgan fingerprint density at radius 2 is 1.61 bits per heavy atom. The van der Waals surface area contributed by atoms with Crippen LogP contribution in [0.5, 0.6) is 0 Å². The average Bonchev–Trinajstić information content (AvgIpc) is 2.69. The third kappa shape index (κ3) is 9.23. The average molecular weight is 438 g/mol. The Balaban J connectivity index is 2.62. The standard InChI is InChI=1S/C19H26N4O8/c1-10(24)16(23-17(28)12(20)7-11-5-3-2-4-6-11)18(29)21-9-14(25)22-13(19(30)31)8-15(26)27/h2-6,10,12-13,16,24H,7-9,20H2,1H3,(H,21,29)(H,22,25)(H,23,28)(H,26,27)(H,30,31). The summed E-state index contributed by atoms with van der Waals surface area (Å²) in [4.78, 5) is 58.0. The highest BCUT2D eigenvalue weighted by atomic mass is 16.4. The molecule has 4 atom stereocenters. The summed E-state index contributed by atoms with van der Waals surface area (Å²) in [7, 11) is 0. The van der Waals surface area contributed by atoms with Gasteiger partial charge in [0.05, 0.1) is 25.1 Å². The molecule has 0 radical (unpaired) electrons. The van der Waals surface area contributed by atoms with Crippen molar-refractivity contribution in [2.24, 2.45) is 5.73 Å². The van der Waals surface area contributed by atoms with E-state index in [0.29, 0.717) is 0 Å². The number of nitrogens with one attached hydrogen (secondary N) is 3. The number of carbonyl (C=O) groups excluding carboxylic acids is 3. The van der Waals surface area contributed by atoms with Crippen molar-refractivity contribution in [3.05, 3.63) is 35.9 Å². The molecule has 0 spiro atoms. The van der Waals surface area contributed by atoms with Crippen LogP contribution in [0.1, 0.15) is 18.9 Å². The van der Waals surface area contributed by atoms with Crippen molar-refractivity contribution >= 4 is 29.7 Å². The SMILES string of the molecule is CC(O)C(NC(=O)C(N)Cc1ccccc1)C(=O)NCC(=O)NC(CC(=O)O)C(=O)O. The number of rotatable bonds is 12. The molecule has 170 valence electrons. The zero-order chi connectivity index (χ0) is 23.6. The molecule has 0 aromatic heterocycles. The van der Waals surface area contributed by atoms with Gasteiger partial charge in [0, 0.05) is 0 Å². The van der Waals surface area contributed by atoms with Crippen LogP contribution in [-0.2, 0) is 30.4 Å². The van der Waals surface area contributed by atoms with Gasteiger partial charge in [0.25, 0.3) is 0 Å². The van der Waals surface area contributed by atoms with Gasteiger partial charge in [-0.2, -0.15) is 0 Å². The quantitative estimate of drug-likeness (QED) is 0.185. The summed E-state index contributed by atoms with van der Waals surface area (Å²) in [5.41, 5.74) is 6.65. The molecule has 0 aliphatic carbocycles. The first-order valence-corrected chi connectivity index (χ1v) is 9.30. The van der Waals surface area contributed by atoms with Gasteiger partial charge in [-0.15, -0.1) is 0 Å². The van der Waals surface area contributed by atoms with E-state index in [1.165, 1.54) is 6.92 Å². The second-order valence-electron chi connectivity index (χ2n) is 6.80. The molecule has 0 saturated heterocycles. The number of amides is 3. The number of aliphatic hydroxyl groups is 1. The van der Waals surface area contributed by atoms with E-state index in [1.54, 1.807) is 30.3 Å². The van der Waals surface area contributed by atoms with E-state index < -0.39 is 66.9 Å². The van der Waals surface area contributed by atoms with Crippen molar-refractivity contribution in [1.29, 1.82) is 0 Å². The number of aliphatic carboxylic acids is 2. The lowest BCUT2D eigenvalue weighted by atomic mass is 10.0. The van der Waals surface area contributed by atoms with Crippen LogP contribution in [0.4, 0.5) is 0 Å². The van der Waals surface area contributed by atoms with Crippen LogP contribution in [0.15, 0.2) is 30.3 Å². The topological polar surface area (TPSA) is 208 Å². The molecule has 1 rings (SSSR count). The van der Waals surface area contributed by atoms with Crippen LogP contribution >= 0.6 is 0 Å². The van der Waals surface area contributed by atoms with Gasteiger partial charge in [-0.3, -0.25) is 19.2 Å². The monoisotopic (exact) mass is 438 g/mol. The molecule has 12 nitrogen and oxygen atoms in total. The molecule has 31 heavy (non-hydrogen) atoms. The summed E-state index contributed by atoms with van der Waals surface area (Å²) in [5.74, 6) is -5.54. The van der Waals surface area contributed by atoms with Crippen molar-refractivity contribution < 1.29 is 39.3 Å². The van der Waals surface area contributed by atoms with Gasteiger partial charge in [-0.1, -0.05) is 30.3 Å². The molecule has 0 heterocycles. The van der Waals surface area contributed by atoms with E-state index in [9.17, 15) is 29.1 Å². The summed E-state index contributed by atoms with van der Waals surface area (Å²) in [5, 5.41) is 33.8. The molecule has 12 heteroatoms. The minimum atomic E-state index is -1.68. The Morgan fingerprint density at radius 3 is 2.13 bits per heavy atom. The van der Waals surface area contributed by atoms with Crippen molar-refractivity contribution in [2.75, 3.05) is 6.54 Å². The van der Waals surface area contributed by atoms with Gasteiger partial charge in [0.2, 0.25) is 17.7 Å². The molecule has 1 aromatic rings. The molecule has 1 aromatic carbocycles. The molecule has 0 fully saturated rings. The third-order valence-electron chi connectivity index (χ3n) is 4.13. The summed E-state index contributed by atoms with van der Waals surface area (Å²) >= 11 is 0. The molecule has 3 amide bonds. The predicted octanol–water partition coefficient (Wildman–Crippen LogP) is -2.42. The Morgan fingerprint density at radius 1 is 1.00 bits per heavy atom. The Bertz CT molecular complexity index is 799. The van der Waals surface area contributed by atoms with Crippen molar-refractivity contribution in [1.82, 2.24) is 16.0 Å². The largest absolute Gasteiger partial charge is 0.481 e. The van der Waals surface area contributed by atoms with Gasteiger partial charge in [0.15, 0.2) is 0 Å². The maximum absolute atomic E-state index is 12.3. The van der Waals surface area contributed by atoms with E-state index >= 15 is 0 Å². The lowest BCUT2D eigenvalue weighted by molar-refractivity contribution is -0.147. The Labute approximate surface area is 177 Å². The highest BCUT2D eigenvalue weighted by Crippen LogP contribution is 2.03. The second kappa shape index (κ2) is 12.2. The number of benzene rings is 1. The van der Waals surface area contributed by atoms with Gasteiger partial charge in [-0.05, 0) is 18.9 Å². The van der Waals surface area contributed by atoms with Crippen LogP contribution in [0.2, 0.25) is 0 Å². The third-order valence-corrected chi connectivity index (χ3v) is 4.13. The first-order valence-electron chi connectivity index (χ1n) is 9.30. The molecule has 8 N–H and O–H groups in total. The lowest BCUT2D eigenvalue weighted by Gasteiger charge is -2.23. The van der Waals surface area contributed by atoms with Crippen LogP contribution in [-0.4, -0.2) is 75.8 Å². The van der Waals surface area contributed by atoms with E-state index in [4.69, 9.17) is 15.9 Å². The lowest BCUT2D eigenvalue weighted by Crippen LogP contribution is -2.57. The smallest absolute Gasteiger partial charge is 0.326 e. The fourth-order valence-corrected chi connectivity index (χ4v) is 2.52. The summed E-state index contributed by atoms with van der Waals surface area (Å²) in [6.07, 6.45) is -1.97. The number of hydrogen-bond acceptors (Lipinski definition) is 7. The summed E-state index contributed by atoms with van der Waals surface area (Å²) < 4.78 is 0. The zero-order valence-electron chi connectivity index (χ0n) is 16.8. The van der Waals surface area contributed by atoms with Crippen molar-refractivity contribution in [3.63, 3.8) is 0 Å². The minimum Gasteiger partial charge on any atom is -0.481 e. The van der Waals surface area contributed by atoms with Gasteiger partial charge in [-0.25, -0.2) is 4.79 Å². The van der Waals surface area contributed by atoms with E-state index in [2.05, 4.69) is 10.6 Å². The van der Waals surface area contributed by atoms with E-state index in [1.807, 2.05) is 5.32 Å². The molecule has 0 aliphatic heterocycles. The summed E-state index contributed by atoms with van der Waals surface area (Å²) in [6.45, 7) is 0.554. The number of aliphatic hydroxyl groups excluding tert-OH is 1. The second-order valence-corrected chi connectivity index (χ2v) is 6.80. The number of carboxylic acid groups (broad SMARTS) is 2. The van der Waals surface area contributed by atoms with Crippen LogP contribution in [0.3, 0.4) is 0 Å². The van der Waals surface area contributed by atoms with E-state index in [-0.39, 0.29) is 6.42 Å². The molecular formula is C19H26N4O8. The molecule has 4 unspecified atom stereocenters. The van der Waals surface area contributed by atoms with Crippen LogP contribution in [0.25, 0.3) is 0 Å². The summed E-state index contributed by atoms with van der Waals surface area (Å²) in [6, 6.07) is 4.83. The normalized spacial score (nSPS) is 14.4. The fraction of sp³-hybridized carbons (Fsp3) is 0.421. The maximum Gasteiger partial charge on any atom is 0.326 e. The van der Waals surface area contributed by atoms with Crippen LogP contribution in [0, 0.1) is 0 Å².